The third-order valence-electron chi connectivity index (χ3n) is 10.7. The lowest BCUT2D eigenvalue weighted by Gasteiger charge is -2.40. The van der Waals surface area contributed by atoms with E-state index in [1.807, 2.05) is 19.1 Å². The van der Waals surface area contributed by atoms with Gasteiger partial charge in [0.25, 0.3) is 0 Å². The van der Waals surface area contributed by atoms with E-state index in [0.717, 1.165) is 51.4 Å². The number of hydrogen-bond acceptors (Lipinski definition) is 10. The maximum atomic E-state index is 13.0. The molecule has 0 aromatic heterocycles. The zero-order chi connectivity index (χ0) is 41.2. The second-order valence-electron chi connectivity index (χ2n) is 15.8. The minimum absolute atomic E-state index is 0.241. The second-order valence-corrected chi connectivity index (χ2v) is 15.8. The summed E-state index contributed by atoms with van der Waals surface area (Å²) in [7, 11) is 0. The van der Waals surface area contributed by atoms with E-state index >= 15 is 0 Å². The number of ether oxygens (including phenoxy) is 2. The van der Waals surface area contributed by atoms with Gasteiger partial charge in [-0.25, -0.2) is 0 Å². The van der Waals surface area contributed by atoms with Gasteiger partial charge >= 0.3 is 0 Å². The van der Waals surface area contributed by atoms with E-state index in [9.17, 15) is 40.5 Å². The van der Waals surface area contributed by atoms with Gasteiger partial charge in [-0.05, 0) is 71.1 Å². The summed E-state index contributed by atoms with van der Waals surface area (Å²) in [6, 6.07) is -1.19. The molecular weight excluding hydrogens is 714 g/mol. The predicted molar refractivity (Wildman–Crippen MR) is 224 cm³/mol. The summed E-state index contributed by atoms with van der Waals surface area (Å²) in [4.78, 5) is 13.0. The van der Waals surface area contributed by atoms with E-state index in [1.165, 1.54) is 77.0 Å². The molecule has 0 aromatic carbocycles. The maximum Gasteiger partial charge on any atom is 0.249 e. The quantitative estimate of drug-likeness (QED) is 0.0247. The van der Waals surface area contributed by atoms with Gasteiger partial charge in [-0.1, -0.05) is 140 Å². The minimum Gasteiger partial charge on any atom is -0.394 e. The van der Waals surface area contributed by atoms with Crippen LogP contribution in [0.1, 0.15) is 174 Å². The van der Waals surface area contributed by atoms with Crippen LogP contribution in [0.25, 0.3) is 0 Å². The third kappa shape index (κ3) is 25.0. The zero-order valence-corrected chi connectivity index (χ0v) is 35.1. The van der Waals surface area contributed by atoms with Gasteiger partial charge in [0.1, 0.15) is 36.6 Å². The van der Waals surface area contributed by atoms with Crippen LogP contribution in [0, 0.1) is 0 Å². The summed E-state index contributed by atoms with van der Waals surface area (Å²) in [6.07, 6.45) is 28.2. The lowest BCUT2D eigenvalue weighted by Crippen LogP contribution is -2.60. The highest BCUT2D eigenvalue weighted by molar-refractivity contribution is 5.80. The Morgan fingerprint density at radius 1 is 0.643 bits per heavy atom. The molecule has 1 saturated heterocycles. The number of aliphatic hydroxyl groups is 7. The molecule has 0 bridgehead atoms. The highest BCUT2D eigenvalue weighted by Crippen LogP contribution is 2.23. The molecule has 328 valence electrons. The number of hydrogen-bond donors (Lipinski definition) is 8. The normalized spacial score (nSPS) is 22.6. The Hall–Kier alpha value is -1.67. The number of aliphatic hydroxyl groups excluding tert-OH is 7. The van der Waals surface area contributed by atoms with Gasteiger partial charge in [-0.15, -0.1) is 0 Å². The summed E-state index contributed by atoms with van der Waals surface area (Å²) >= 11 is 0. The number of amides is 1. The fourth-order valence-corrected chi connectivity index (χ4v) is 6.99. The van der Waals surface area contributed by atoms with Crippen molar-refractivity contribution in [2.45, 2.75) is 229 Å². The first-order valence-corrected chi connectivity index (χ1v) is 22.4. The molecule has 0 saturated carbocycles. The second kappa shape index (κ2) is 35.3. The molecule has 8 N–H and O–H groups in total. The van der Waals surface area contributed by atoms with Crippen LogP contribution in [0.5, 0.6) is 0 Å². The maximum absolute atomic E-state index is 13.0. The summed E-state index contributed by atoms with van der Waals surface area (Å²) in [5, 5.41) is 75.2. The number of carbonyl (C=O) groups is 1. The van der Waals surface area contributed by atoms with Gasteiger partial charge in [0.15, 0.2) is 6.29 Å². The lowest BCUT2D eigenvalue weighted by atomic mass is 9.98. The highest BCUT2D eigenvalue weighted by atomic mass is 16.7. The summed E-state index contributed by atoms with van der Waals surface area (Å²) in [5.41, 5.74) is 0. The number of nitrogens with one attached hydrogen (secondary N) is 1. The van der Waals surface area contributed by atoms with Crippen molar-refractivity contribution in [3.05, 3.63) is 36.5 Å². The third-order valence-corrected chi connectivity index (χ3v) is 10.7. The van der Waals surface area contributed by atoms with E-state index in [2.05, 4.69) is 36.5 Å². The summed E-state index contributed by atoms with van der Waals surface area (Å²) in [6.45, 7) is 3.16. The molecule has 1 aliphatic rings. The molecule has 1 fully saturated rings. The number of rotatable bonds is 36. The molecule has 0 aromatic rings. The van der Waals surface area contributed by atoms with Crippen molar-refractivity contribution in [3.8, 4) is 0 Å². The van der Waals surface area contributed by atoms with Gasteiger partial charge in [0, 0.05) is 0 Å². The molecule has 9 atom stereocenters. The SMILES string of the molecule is C/C=C/CC/C=C/CCCC(O)C(O)C(COC1OC(CO)C(O)C(O)C1O)NC(=O)C(O)CCCCCCCC/C=C\CCCCCCCCCCCCC. The Balaban J connectivity index is 2.38. The minimum atomic E-state index is -1.67. The molecule has 0 aliphatic carbocycles. The van der Waals surface area contributed by atoms with Crippen LogP contribution in [0.15, 0.2) is 36.5 Å². The summed E-state index contributed by atoms with van der Waals surface area (Å²) < 4.78 is 11.0. The van der Waals surface area contributed by atoms with Gasteiger partial charge in [-0.3, -0.25) is 4.79 Å². The van der Waals surface area contributed by atoms with E-state index in [1.54, 1.807) is 0 Å². The van der Waals surface area contributed by atoms with Crippen molar-refractivity contribution < 1.29 is 50.0 Å². The molecule has 1 amide bonds. The molecular formula is C45H83NO10. The molecule has 0 radical (unpaired) electrons. The fourth-order valence-electron chi connectivity index (χ4n) is 6.99. The summed E-state index contributed by atoms with van der Waals surface area (Å²) in [5.74, 6) is -0.720. The van der Waals surface area contributed by atoms with Crippen molar-refractivity contribution in [2.24, 2.45) is 0 Å². The lowest BCUT2D eigenvalue weighted by molar-refractivity contribution is -0.303. The van der Waals surface area contributed by atoms with Crippen LogP contribution >= 0.6 is 0 Å². The highest BCUT2D eigenvalue weighted by Gasteiger charge is 2.44. The Morgan fingerprint density at radius 3 is 1.70 bits per heavy atom. The van der Waals surface area contributed by atoms with Crippen LogP contribution in [0.2, 0.25) is 0 Å². The first-order valence-electron chi connectivity index (χ1n) is 22.4. The van der Waals surface area contributed by atoms with Crippen LogP contribution in [-0.4, -0.2) is 110 Å². The monoisotopic (exact) mass is 798 g/mol. The van der Waals surface area contributed by atoms with Gasteiger partial charge in [0.05, 0.1) is 25.4 Å². The molecule has 1 heterocycles. The fraction of sp³-hybridized carbons (Fsp3) is 0.844. The average molecular weight is 798 g/mol. The van der Waals surface area contributed by atoms with Gasteiger partial charge in [0.2, 0.25) is 5.91 Å². The molecule has 11 heteroatoms. The van der Waals surface area contributed by atoms with Crippen molar-refractivity contribution in [1.29, 1.82) is 0 Å². The Bertz CT molecular complexity index is 1010. The number of carbonyl (C=O) groups excluding carboxylic acids is 1. The van der Waals surface area contributed by atoms with E-state index in [-0.39, 0.29) is 12.8 Å². The van der Waals surface area contributed by atoms with E-state index in [0.29, 0.717) is 19.3 Å². The number of allylic oxidation sites excluding steroid dienone is 6. The van der Waals surface area contributed by atoms with Gasteiger partial charge < -0.3 is 50.5 Å². The molecule has 56 heavy (non-hydrogen) atoms. The average Bonchev–Trinajstić information content (AvgIpc) is 3.20. The topological polar surface area (TPSA) is 189 Å². The standard InChI is InChI=1S/C45H83NO10/c1-3-5-7-9-11-13-14-15-16-17-18-19-20-21-22-23-24-25-27-29-31-33-38(49)44(54)46-36(35-55-45-43(53)42(52)41(51)39(34-47)56-45)40(50)37(48)32-30-28-26-12-10-8-6-4-2/h4,6,12,20-21,26,36-43,45,47-53H,3,5,7-11,13-19,22-25,27-35H2,1-2H3,(H,46,54)/b6-4+,21-20-,26-12+. The molecule has 1 aliphatic heterocycles. The first kappa shape index (κ1) is 52.3. The number of unbranched alkanes of at least 4 members (excludes halogenated alkanes) is 19. The van der Waals surface area contributed by atoms with Gasteiger partial charge in [-0.2, -0.15) is 0 Å². The Kier molecular flexibility index (Phi) is 33.0. The van der Waals surface area contributed by atoms with Crippen LogP contribution in [-0.2, 0) is 14.3 Å². The largest absolute Gasteiger partial charge is 0.394 e. The van der Waals surface area contributed by atoms with Crippen molar-refractivity contribution in [3.63, 3.8) is 0 Å². The van der Waals surface area contributed by atoms with Crippen LogP contribution < -0.4 is 5.32 Å². The van der Waals surface area contributed by atoms with E-state index in [4.69, 9.17) is 9.47 Å². The molecule has 0 spiro atoms. The van der Waals surface area contributed by atoms with Crippen molar-refractivity contribution in [1.82, 2.24) is 5.32 Å². The van der Waals surface area contributed by atoms with E-state index < -0.39 is 74.2 Å². The molecule has 11 nitrogen and oxygen atoms in total. The predicted octanol–water partition coefficient (Wildman–Crippen LogP) is 6.83. The Labute approximate surface area is 339 Å². The zero-order valence-electron chi connectivity index (χ0n) is 35.1. The molecule has 9 unspecified atom stereocenters. The molecule has 1 rings (SSSR count). The van der Waals surface area contributed by atoms with Crippen molar-refractivity contribution in [2.75, 3.05) is 13.2 Å². The van der Waals surface area contributed by atoms with Crippen molar-refractivity contribution >= 4 is 5.91 Å². The van der Waals surface area contributed by atoms with Crippen LogP contribution in [0.3, 0.4) is 0 Å². The first-order chi connectivity index (χ1) is 27.2. The smallest absolute Gasteiger partial charge is 0.249 e. The van der Waals surface area contributed by atoms with Crippen LogP contribution in [0.4, 0.5) is 0 Å². The Morgan fingerprint density at radius 2 is 1.14 bits per heavy atom.